The van der Waals surface area contributed by atoms with Gasteiger partial charge in [0.05, 0.1) is 11.7 Å². The molecule has 0 spiro atoms. The van der Waals surface area contributed by atoms with Crippen molar-refractivity contribution in [1.82, 2.24) is 14.5 Å². The van der Waals surface area contributed by atoms with Crippen LogP contribution in [0.1, 0.15) is 58.3 Å². The van der Waals surface area contributed by atoms with Gasteiger partial charge in [-0.1, -0.05) is 19.8 Å². The van der Waals surface area contributed by atoms with Crippen molar-refractivity contribution >= 4 is 11.0 Å². The normalized spacial score (nSPS) is 27.4. The SMILES string of the molecule is CC(C)n1c(C2(C)CCCCC2N)nc2cnccc21. The van der Waals surface area contributed by atoms with Crippen LogP contribution in [0.15, 0.2) is 18.5 Å². The zero-order chi connectivity index (χ0) is 14.3. The van der Waals surface area contributed by atoms with Crippen molar-refractivity contribution in [3.05, 3.63) is 24.3 Å². The minimum absolute atomic E-state index is 0.0263. The first-order valence-electron chi connectivity index (χ1n) is 7.62. The maximum Gasteiger partial charge on any atom is 0.117 e. The molecule has 4 heteroatoms. The number of aromatic nitrogens is 3. The minimum Gasteiger partial charge on any atom is -0.327 e. The number of fused-ring (bicyclic) bond motifs is 1. The molecule has 0 saturated heterocycles. The average Bonchev–Trinajstić information content (AvgIpc) is 2.82. The predicted molar refractivity (Wildman–Crippen MR) is 81.7 cm³/mol. The summed E-state index contributed by atoms with van der Waals surface area (Å²) in [6, 6.07) is 2.63. The smallest absolute Gasteiger partial charge is 0.117 e. The fourth-order valence-corrected chi connectivity index (χ4v) is 3.51. The second kappa shape index (κ2) is 4.85. The molecule has 0 radical (unpaired) electrons. The third-order valence-corrected chi connectivity index (χ3v) is 4.80. The Bertz CT molecular complexity index is 616. The lowest BCUT2D eigenvalue weighted by molar-refractivity contribution is 0.249. The van der Waals surface area contributed by atoms with Gasteiger partial charge in [0.15, 0.2) is 0 Å². The summed E-state index contributed by atoms with van der Waals surface area (Å²) in [6.07, 6.45) is 8.39. The average molecular weight is 272 g/mol. The molecule has 1 aliphatic carbocycles. The summed E-state index contributed by atoms with van der Waals surface area (Å²) in [5, 5.41) is 0. The van der Waals surface area contributed by atoms with E-state index < -0.39 is 0 Å². The first-order chi connectivity index (χ1) is 9.54. The summed E-state index contributed by atoms with van der Waals surface area (Å²) in [5.74, 6) is 1.14. The molecule has 0 aliphatic heterocycles. The van der Waals surface area contributed by atoms with Gasteiger partial charge in [-0.15, -0.1) is 0 Å². The van der Waals surface area contributed by atoms with Gasteiger partial charge >= 0.3 is 0 Å². The van der Waals surface area contributed by atoms with E-state index in [-0.39, 0.29) is 11.5 Å². The second-order valence-corrected chi connectivity index (χ2v) is 6.53. The highest BCUT2D eigenvalue weighted by Gasteiger charge is 2.40. The number of nitrogens with zero attached hydrogens (tertiary/aromatic N) is 3. The summed E-state index contributed by atoms with van der Waals surface area (Å²) in [4.78, 5) is 9.11. The van der Waals surface area contributed by atoms with Crippen LogP contribution in [0.5, 0.6) is 0 Å². The molecule has 2 aromatic heterocycles. The van der Waals surface area contributed by atoms with Gasteiger partial charge in [0.1, 0.15) is 11.3 Å². The van der Waals surface area contributed by atoms with Crippen LogP contribution in [0.3, 0.4) is 0 Å². The first kappa shape index (κ1) is 13.6. The van der Waals surface area contributed by atoms with Crippen molar-refractivity contribution < 1.29 is 0 Å². The van der Waals surface area contributed by atoms with Crippen LogP contribution in [0, 0.1) is 0 Å². The maximum atomic E-state index is 6.47. The van der Waals surface area contributed by atoms with E-state index in [0.29, 0.717) is 6.04 Å². The lowest BCUT2D eigenvalue weighted by Crippen LogP contribution is -2.47. The molecule has 2 aromatic rings. The Kier molecular flexibility index (Phi) is 3.28. The summed E-state index contributed by atoms with van der Waals surface area (Å²) >= 11 is 0. The van der Waals surface area contributed by atoms with Crippen molar-refractivity contribution in [2.75, 3.05) is 0 Å². The Hall–Kier alpha value is -1.42. The molecule has 3 rings (SSSR count). The van der Waals surface area contributed by atoms with Gasteiger partial charge in [-0.05, 0) is 32.8 Å². The summed E-state index contributed by atoms with van der Waals surface area (Å²) in [7, 11) is 0. The minimum atomic E-state index is -0.0263. The van der Waals surface area contributed by atoms with Gasteiger partial charge in [0.25, 0.3) is 0 Å². The van der Waals surface area contributed by atoms with E-state index in [9.17, 15) is 0 Å². The van der Waals surface area contributed by atoms with Crippen LogP contribution >= 0.6 is 0 Å². The van der Waals surface area contributed by atoms with Crippen LogP contribution < -0.4 is 5.73 Å². The topological polar surface area (TPSA) is 56.7 Å². The molecule has 20 heavy (non-hydrogen) atoms. The van der Waals surface area contributed by atoms with E-state index in [2.05, 4.69) is 36.4 Å². The molecule has 2 unspecified atom stereocenters. The molecule has 2 N–H and O–H groups in total. The number of imidazole rings is 1. The molecule has 0 aromatic carbocycles. The van der Waals surface area contributed by atoms with Crippen LogP contribution in [0.25, 0.3) is 11.0 Å². The predicted octanol–water partition coefficient (Wildman–Crippen LogP) is 3.17. The van der Waals surface area contributed by atoms with Gasteiger partial charge in [-0.2, -0.15) is 0 Å². The zero-order valence-corrected chi connectivity index (χ0v) is 12.6. The fourth-order valence-electron chi connectivity index (χ4n) is 3.51. The molecule has 2 atom stereocenters. The highest BCUT2D eigenvalue weighted by molar-refractivity contribution is 5.75. The molecule has 108 valence electrons. The maximum absolute atomic E-state index is 6.47. The number of pyridine rings is 1. The lowest BCUT2D eigenvalue weighted by Gasteiger charge is -2.39. The Morgan fingerprint density at radius 3 is 2.90 bits per heavy atom. The number of nitrogens with two attached hydrogens (primary N) is 1. The monoisotopic (exact) mass is 272 g/mol. The fraction of sp³-hybridized carbons (Fsp3) is 0.625. The molecule has 2 heterocycles. The molecular weight excluding hydrogens is 248 g/mol. The molecule has 1 saturated carbocycles. The highest BCUT2D eigenvalue weighted by atomic mass is 15.1. The number of rotatable bonds is 2. The van der Waals surface area contributed by atoms with Gasteiger partial charge < -0.3 is 10.3 Å². The number of hydrogen-bond acceptors (Lipinski definition) is 3. The molecule has 1 fully saturated rings. The Labute approximate surface area is 120 Å². The third kappa shape index (κ3) is 1.94. The first-order valence-corrected chi connectivity index (χ1v) is 7.62. The summed E-state index contributed by atoms with van der Waals surface area (Å²) in [6.45, 7) is 6.70. The van der Waals surface area contributed by atoms with Gasteiger partial charge in [0.2, 0.25) is 0 Å². The number of hydrogen-bond donors (Lipinski definition) is 1. The molecule has 0 bridgehead atoms. The van der Waals surface area contributed by atoms with E-state index in [1.54, 1.807) is 0 Å². The van der Waals surface area contributed by atoms with Gasteiger partial charge in [0, 0.05) is 23.7 Å². The standard InChI is InChI=1S/C16H24N4/c1-11(2)20-13-7-9-18-10-12(13)19-15(20)16(3)8-5-4-6-14(16)17/h7,9-11,14H,4-6,8,17H2,1-3H3. The van der Waals surface area contributed by atoms with Crippen molar-refractivity contribution in [3.63, 3.8) is 0 Å². The van der Waals surface area contributed by atoms with Gasteiger partial charge in [-0.3, -0.25) is 4.98 Å². The Morgan fingerprint density at radius 1 is 1.40 bits per heavy atom. The summed E-state index contributed by atoms with van der Waals surface area (Å²) < 4.78 is 2.35. The second-order valence-electron chi connectivity index (χ2n) is 6.53. The zero-order valence-electron chi connectivity index (χ0n) is 12.6. The van der Waals surface area contributed by atoms with Crippen molar-refractivity contribution in [3.8, 4) is 0 Å². The highest BCUT2D eigenvalue weighted by Crippen LogP contribution is 2.40. The van der Waals surface area contributed by atoms with E-state index in [4.69, 9.17) is 10.7 Å². The van der Waals surface area contributed by atoms with Crippen molar-refractivity contribution in [2.24, 2.45) is 5.73 Å². The van der Waals surface area contributed by atoms with Crippen LogP contribution in [-0.4, -0.2) is 20.6 Å². The van der Waals surface area contributed by atoms with E-state index in [1.165, 1.54) is 18.4 Å². The quantitative estimate of drug-likeness (QED) is 0.913. The Morgan fingerprint density at radius 2 is 2.20 bits per heavy atom. The van der Waals surface area contributed by atoms with E-state index in [1.807, 2.05) is 12.4 Å². The van der Waals surface area contributed by atoms with E-state index >= 15 is 0 Å². The van der Waals surface area contributed by atoms with E-state index in [0.717, 1.165) is 24.2 Å². The van der Waals surface area contributed by atoms with Crippen LogP contribution in [-0.2, 0) is 5.41 Å². The Balaban J connectivity index is 2.22. The third-order valence-electron chi connectivity index (χ3n) is 4.80. The molecule has 4 nitrogen and oxygen atoms in total. The molecule has 0 amide bonds. The van der Waals surface area contributed by atoms with Crippen LogP contribution in [0.2, 0.25) is 0 Å². The van der Waals surface area contributed by atoms with Crippen molar-refractivity contribution in [1.29, 1.82) is 0 Å². The van der Waals surface area contributed by atoms with Crippen LogP contribution in [0.4, 0.5) is 0 Å². The van der Waals surface area contributed by atoms with Crippen molar-refractivity contribution in [2.45, 2.75) is 64.0 Å². The molecular formula is C16H24N4. The van der Waals surface area contributed by atoms with Gasteiger partial charge in [-0.25, -0.2) is 4.98 Å². The summed E-state index contributed by atoms with van der Waals surface area (Å²) in [5.41, 5.74) is 8.59. The largest absolute Gasteiger partial charge is 0.327 e. The molecule has 1 aliphatic rings. The lowest BCUT2D eigenvalue weighted by atomic mass is 9.71.